The third-order valence-corrected chi connectivity index (χ3v) is 7.23. The molecule has 3 N–H and O–H groups in total. The molecule has 226 valence electrons. The minimum atomic E-state index is -3.38. The average Bonchev–Trinajstić information content (AvgIpc) is 3.02. The van der Waals surface area contributed by atoms with E-state index in [1.807, 2.05) is 30.3 Å². The maximum atomic E-state index is 14.8. The Bertz CT molecular complexity index is 1480. The average molecular weight is 596 g/mol. The first-order chi connectivity index (χ1) is 20.7. The predicted molar refractivity (Wildman–Crippen MR) is 151 cm³/mol. The van der Waals surface area contributed by atoms with Gasteiger partial charge in [-0.1, -0.05) is 0 Å². The predicted octanol–water partition coefficient (Wildman–Crippen LogP) is 2.35. The third kappa shape index (κ3) is 6.96. The van der Waals surface area contributed by atoms with Crippen LogP contribution in [0.4, 0.5) is 26.1 Å². The van der Waals surface area contributed by atoms with Crippen LogP contribution in [0, 0.1) is 11.3 Å². The van der Waals surface area contributed by atoms with E-state index in [1.165, 1.54) is 25.4 Å². The number of piperidine rings is 1. The van der Waals surface area contributed by atoms with Crippen LogP contribution in [0.3, 0.4) is 0 Å². The summed E-state index contributed by atoms with van der Waals surface area (Å²) in [6.45, 7) is 2.16. The lowest BCUT2D eigenvalue weighted by molar-refractivity contribution is -0.165. The highest BCUT2D eigenvalue weighted by Gasteiger charge is 2.48. The Morgan fingerprint density at radius 3 is 2.74 bits per heavy atom. The van der Waals surface area contributed by atoms with Crippen molar-refractivity contribution in [2.75, 3.05) is 49.6 Å². The number of morpholine rings is 1. The standard InChI is InChI=1S/C29H31F2N7O5/c1-18(40)27(41)38-9-8-25(29(30,31)16-38)43-24-7-2-19(12-20(24)13-32)26-33-17-34-28(36-26)35-21-3-5-22(6-4-21)37-10-11-42-23(14-37)15-39/h2-7,12,17-18,23,25,39-40H,8-11,14-16H2,1H3,(H,33,34,35,36). The summed E-state index contributed by atoms with van der Waals surface area (Å²) in [6, 6.07) is 14.1. The van der Waals surface area contributed by atoms with Gasteiger partial charge in [0, 0.05) is 43.0 Å². The lowest BCUT2D eigenvalue weighted by Gasteiger charge is -2.38. The highest BCUT2D eigenvalue weighted by Crippen LogP contribution is 2.34. The van der Waals surface area contributed by atoms with Gasteiger partial charge in [-0.3, -0.25) is 4.79 Å². The van der Waals surface area contributed by atoms with Gasteiger partial charge in [-0.2, -0.15) is 10.2 Å². The molecule has 0 spiro atoms. The summed E-state index contributed by atoms with van der Waals surface area (Å²) in [7, 11) is 0. The molecule has 0 saturated carbocycles. The van der Waals surface area contributed by atoms with Crippen LogP contribution in [0.1, 0.15) is 18.9 Å². The molecule has 3 atom stereocenters. The Morgan fingerprint density at radius 2 is 2.05 bits per heavy atom. The van der Waals surface area contributed by atoms with Gasteiger partial charge in [-0.05, 0) is 49.4 Å². The number of aliphatic hydroxyl groups is 2. The van der Waals surface area contributed by atoms with Gasteiger partial charge in [0.25, 0.3) is 5.91 Å². The lowest BCUT2D eigenvalue weighted by Crippen LogP contribution is -2.56. The zero-order chi connectivity index (χ0) is 30.6. The minimum absolute atomic E-state index is 0.00921. The smallest absolute Gasteiger partial charge is 0.301 e. The molecule has 3 aromatic rings. The number of alkyl halides is 2. The van der Waals surface area contributed by atoms with E-state index in [4.69, 9.17) is 9.47 Å². The van der Waals surface area contributed by atoms with Gasteiger partial charge < -0.3 is 34.8 Å². The molecule has 2 fully saturated rings. The second-order valence-corrected chi connectivity index (χ2v) is 10.3. The van der Waals surface area contributed by atoms with E-state index in [2.05, 4.69) is 25.2 Å². The maximum absolute atomic E-state index is 14.8. The Balaban J connectivity index is 1.26. The van der Waals surface area contributed by atoms with Crippen molar-refractivity contribution < 1.29 is 33.3 Å². The summed E-state index contributed by atoms with van der Waals surface area (Å²) in [5, 5.41) is 31.7. The van der Waals surface area contributed by atoms with Crippen molar-refractivity contribution in [2.45, 2.75) is 37.6 Å². The van der Waals surface area contributed by atoms with E-state index >= 15 is 0 Å². The molecule has 2 aliphatic rings. The number of benzene rings is 2. The van der Waals surface area contributed by atoms with Crippen molar-refractivity contribution in [3.63, 3.8) is 0 Å². The minimum Gasteiger partial charge on any atom is -0.483 e. The number of aromatic nitrogens is 3. The molecule has 3 heterocycles. The molecular weight excluding hydrogens is 564 g/mol. The van der Waals surface area contributed by atoms with Crippen LogP contribution in [0.15, 0.2) is 48.8 Å². The number of carbonyl (C=O) groups is 1. The second-order valence-electron chi connectivity index (χ2n) is 10.3. The Labute approximate surface area is 246 Å². The molecule has 0 aliphatic carbocycles. The van der Waals surface area contributed by atoms with Crippen LogP contribution >= 0.6 is 0 Å². The van der Waals surface area contributed by atoms with Gasteiger partial charge in [0.2, 0.25) is 5.95 Å². The summed E-state index contributed by atoms with van der Waals surface area (Å²) >= 11 is 0. The molecule has 5 rings (SSSR count). The number of carbonyl (C=O) groups excluding carboxylic acids is 1. The van der Waals surface area contributed by atoms with E-state index in [9.17, 15) is 29.1 Å². The maximum Gasteiger partial charge on any atom is 0.301 e. The molecule has 12 nitrogen and oxygen atoms in total. The molecule has 1 aromatic heterocycles. The molecule has 2 aliphatic heterocycles. The normalized spacial score (nSPS) is 20.7. The topological polar surface area (TPSA) is 157 Å². The summed E-state index contributed by atoms with van der Waals surface area (Å²) < 4.78 is 40.8. The van der Waals surface area contributed by atoms with Gasteiger partial charge in [0.15, 0.2) is 11.9 Å². The van der Waals surface area contributed by atoms with Gasteiger partial charge >= 0.3 is 5.92 Å². The van der Waals surface area contributed by atoms with E-state index in [0.29, 0.717) is 18.7 Å². The van der Waals surface area contributed by atoms with E-state index in [0.717, 1.165) is 22.8 Å². The lowest BCUT2D eigenvalue weighted by atomic mass is 10.0. The number of amides is 1. The highest BCUT2D eigenvalue weighted by molar-refractivity contribution is 5.80. The van der Waals surface area contributed by atoms with Crippen LogP contribution in [0.2, 0.25) is 0 Å². The van der Waals surface area contributed by atoms with Crippen molar-refractivity contribution in [2.24, 2.45) is 0 Å². The molecule has 3 unspecified atom stereocenters. The number of likely N-dealkylation sites (tertiary alicyclic amines) is 1. The van der Waals surface area contributed by atoms with E-state index in [1.54, 1.807) is 6.07 Å². The molecular formula is C29H31F2N7O5. The highest BCUT2D eigenvalue weighted by atomic mass is 19.3. The number of hydrogen-bond acceptors (Lipinski definition) is 11. The van der Waals surface area contributed by atoms with Crippen LogP contribution in [0.25, 0.3) is 11.4 Å². The molecule has 1 amide bonds. The Hall–Kier alpha value is -4.45. The van der Waals surface area contributed by atoms with Crippen LogP contribution in [-0.2, 0) is 9.53 Å². The number of nitrogens with zero attached hydrogens (tertiary/aromatic N) is 6. The van der Waals surface area contributed by atoms with Crippen molar-refractivity contribution in [1.29, 1.82) is 5.26 Å². The van der Waals surface area contributed by atoms with Gasteiger partial charge in [-0.15, -0.1) is 0 Å². The zero-order valence-corrected chi connectivity index (χ0v) is 23.4. The van der Waals surface area contributed by atoms with Gasteiger partial charge in [0.05, 0.1) is 31.4 Å². The van der Waals surface area contributed by atoms with Crippen molar-refractivity contribution in [3.8, 4) is 23.2 Å². The van der Waals surface area contributed by atoms with Crippen LogP contribution in [0.5, 0.6) is 5.75 Å². The fraction of sp³-hybridized carbons (Fsp3) is 0.414. The van der Waals surface area contributed by atoms with E-state index < -0.39 is 30.6 Å². The first-order valence-electron chi connectivity index (χ1n) is 13.8. The molecule has 14 heteroatoms. The first-order valence-corrected chi connectivity index (χ1v) is 13.8. The van der Waals surface area contributed by atoms with Crippen LogP contribution < -0.4 is 15.0 Å². The van der Waals surface area contributed by atoms with Crippen molar-refractivity contribution >= 4 is 23.2 Å². The summed E-state index contributed by atoms with van der Waals surface area (Å²) in [5.41, 5.74) is 2.20. The molecule has 2 aromatic carbocycles. The van der Waals surface area contributed by atoms with Gasteiger partial charge in [0.1, 0.15) is 24.3 Å². The third-order valence-electron chi connectivity index (χ3n) is 7.23. The number of anilines is 3. The number of aliphatic hydroxyl groups excluding tert-OH is 2. The Kier molecular flexibility index (Phi) is 8.95. The number of halogens is 2. The zero-order valence-electron chi connectivity index (χ0n) is 23.4. The quantitative estimate of drug-likeness (QED) is 0.351. The number of ether oxygens (including phenoxy) is 2. The monoisotopic (exact) mass is 595 g/mol. The summed E-state index contributed by atoms with van der Waals surface area (Å²) in [5.74, 6) is -3.65. The summed E-state index contributed by atoms with van der Waals surface area (Å²) in [6.07, 6.45) is -2.00. The fourth-order valence-electron chi connectivity index (χ4n) is 4.97. The molecule has 2 saturated heterocycles. The number of nitriles is 1. The summed E-state index contributed by atoms with van der Waals surface area (Å²) in [4.78, 5) is 27.8. The molecule has 0 bridgehead atoms. The van der Waals surface area contributed by atoms with E-state index in [-0.39, 0.29) is 48.8 Å². The molecule has 43 heavy (non-hydrogen) atoms. The second kappa shape index (κ2) is 12.8. The number of nitrogens with one attached hydrogen (secondary N) is 1. The van der Waals surface area contributed by atoms with Gasteiger partial charge in [-0.25, -0.2) is 18.7 Å². The number of rotatable bonds is 8. The SMILES string of the molecule is CC(O)C(=O)N1CCC(Oc2ccc(-c3ncnc(Nc4ccc(N5CCOC(CO)C5)cc4)n3)cc2C#N)C(F)(F)C1. The Morgan fingerprint density at radius 1 is 1.26 bits per heavy atom. The first kappa shape index (κ1) is 30.0. The molecule has 0 radical (unpaired) electrons. The van der Waals surface area contributed by atoms with Crippen molar-refractivity contribution in [1.82, 2.24) is 19.9 Å². The van der Waals surface area contributed by atoms with Crippen molar-refractivity contribution in [3.05, 3.63) is 54.4 Å². The number of hydrogen-bond donors (Lipinski definition) is 3. The largest absolute Gasteiger partial charge is 0.483 e. The fourth-order valence-corrected chi connectivity index (χ4v) is 4.97. The van der Waals surface area contributed by atoms with Crippen LogP contribution in [-0.4, -0.2) is 99.6 Å².